The van der Waals surface area contributed by atoms with Crippen molar-refractivity contribution in [3.63, 3.8) is 0 Å². The third-order valence-electron chi connectivity index (χ3n) is 1.52. The van der Waals surface area contributed by atoms with Crippen molar-refractivity contribution >= 4 is 42.2 Å². The molecule has 0 radical (unpaired) electrons. The average Bonchev–Trinajstić information content (AvgIpc) is 2.32. The number of aromatic nitrogens is 1. The lowest BCUT2D eigenvalue weighted by atomic mass is 10.2. The van der Waals surface area contributed by atoms with Crippen molar-refractivity contribution in [1.82, 2.24) is 4.98 Å². The molecule has 0 saturated heterocycles. The standard InChI is InChI=1S/C7H4BrIN2/c8-5-1-4-2-11-7(9)6(4)10-3-5/h1,3H,2H2. The third kappa shape index (κ3) is 1.33. The number of fused-ring (bicyclic) bond motifs is 1. The summed E-state index contributed by atoms with van der Waals surface area (Å²) >= 11 is 5.58. The van der Waals surface area contributed by atoms with Crippen molar-refractivity contribution in [2.45, 2.75) is 6.54 Å². The van der Waals surface area contributed by atoms with Crippen LogP contribution in [0.3, 0.4) is 0 Å². The molecule has 0 fully saturated rings. The predicted octanol–water partition coefficient (Wildman–Crippen LogP) is 2.54. The van der Waals surface area contributed by atoms with Crippen LogP contribution in [0, 0.1) is 0 Å². The average molecular weight is 323 g/mol. The van der Waals surface area contributed by atoms with Crippen molar-refractivity contribution in [1.29, 1.82) is 0 Å². The largest absolute Gasteiger partial charge is 0.272 e. The van der Waals surface area contributed by atoms with Crippen LogP contribution in [0.5, 0.6) is 0 Å². The van der Waals surface area contributed by atoms with Crippen molar-refractivity contribution in [3.8, 4) is 0 Å². The molecular weight excluding hydrogens is 319 g/mol. The summed E-state index contributed by atoms with van der Waals surface area (Å²) in [5.74, 6) is 0. The van der Waals surface area contributed by atoms with E-state index in [9.17, 15) is 0 Å². The van der Waals surface area contributed by atoms with Gasteiger partial charge in [-0.3, -0.25) is 9.98 Å². The monoisotopic (exact) mass is 322 g/mol. The van der Waals surface area contributed by atoms with Gasteiger partial charge in [0.2, 0.25) is 0 Å². The Morgan fingerprint density at radius 3 is 3.18 bits per heavy atom. The lowest BCUT2D eigenvalue weighted by Crippen LogP contribution is -1.92. The molecule has 2 heterocycles. The van der Waals surface area contributed by atoms with Crippen molar-refractivity contribution in [3.05, 3.63) is 28.0 Å². The molecule has 0 spiro atoms. The van der Waals surface area contributed by atoms with Gasteiger partial charge in [-0.15, -0.1) is 0 Å². The van der Waals surface area contributed by atoms with Gasteiger partial charge in [-0.1, -0.05) is 0 Å². The molecule has 0 aromatic carbocycles. The molecule has 56 valence electrons. The molecule has 2 nitrogen and oxygen atoms in total. The van der Waals surface area contributed by atoms with Crippen molar-refractivity contribution in [2.24, 2.45) is 4.99 Å². The maximum Gasteiger partial charge on any atom is 0.122 e. The minimum atomic E-state index is 0.778. The normalized spacial score (nSPS) is 14.5. The van der Waals surface area contributed by atoms with Gasteiger partial charge in [-0.25, -0.2) is 0 Å². The van der Waals surface area contributed by atoms with E-state index in [-0.39, 0.29) is 0 Å². The highest BCUT2D eigenvalue weighted by molar-refractivity contribution is 14.1. The van der Waals surface area contributed by atoms with E-state index >= 15 is 0 Å². The van der Waals surface area contributed by atoms with Gasteiger partial charge >= 0.3 is 0 Å². The van der Waals surface area contributed by atoms with Crippen LogP contribution in [0.15, 0.2) is 21.7 Å². The fourth-order valence-corrected chi connectivity index (χ4v) is 2.05. The second kappa shape index (κ2) is 2.82. The van der Waals surface area contributed by atoms with Gasteiger partial charge in [-0.05, 0) is 44.6 Å². The van der Waals surface area contributed by atoms with Gasteiger partial charge in [0.25, 0.3) is 0 Å². The van der Waals surface area contributed by atoms with Crippen LogP contribution in [-0.2, 0) is 6.54 Å². The van der Waals surface area contributed by atoms with E-state index < -0.39 is 0 Å². The minimum absolute atomic E-state index is 0.778. The molecule has 4 heteroatoms. The molecule has 0 unspecified atom stereocenters. The molecule has 11 heavy (non-hydrogen) atoms. The molecule has 1 aliphatic rings. The fourth-order valence-electron chi connectivity index (χ4n) is 1.02. The number of nitrogens with zero attached hydrogens (tertiary/aromatic N) is 2. The Labute approximate surface area is 86.4 Å². The summed E-state index contributed by atoms with van der Waals surface area (Å²) in [6, 6.07) is 2.07. The quantitative estimate of drug-likeness (QED) is 0.674. The number of pyridine rings is 1. The Hall–Kier alpha value is 0.0300. The minimum Gasteiger partial charge on any atom is -0.272 e. The molecule has 0 N–H and O–H groups in total. The van der Waals surface area contributed by atoms with E-state index in [0.29, 0.717) is 0 Å². The van der Waals surface area contributed by atoms with E-state index in [0.717, 1.165) is 20.4 Å². The first-order valence-electron chi connectivity index (χ1n) is 3.12. The molecule has 0 atom stereocenters. The fraction of sp³-hybridized carbons (Fsp3) is 0.143. The van der Waals surface area contributed by atoms with Crippen LogP contribution in [0.2, 0.25) is 0 Å². The van der Waals surface area contributed by atoms with Gasteiger partial charge in [-0.2, -0.15) is 0 Å². The van der Waals surface area contributed by atoms with Crippen LogP contribution >= 0.6 is 38.5 Å². The van der Waals surface area contributed by atoms with Crippen molar-refractivity contribution < 1.29 is 0 Å². The van der Waals surface area contributed by atoms with Crippen LogP contribution in [0.25, 0.3) is 0 Å². The van der Waals surface area contributed by atoms with Gasteiger partial charge in [0.1, 0.15) is 3.72 Å². The summed E-state index contributed by atoms with van der Waals surface area (Å²) in [4.78, 5) is 8.52. The van der Waals surface area contributed by atoms with Crippen LogP contribution in [0.4, 0.5) is 0 Å². The lowest BCUT2D eigenvalue weighted by molar-refractivity contribution is 1.09. The Balaban J connectivity index is 2.58. The predicted molar refractivity (Wildman–Crippen MR) is 56.2 cm³/mol. The first-order valence-corrected chi connectivity index (χ1v) is 4.99. The Morgan fingerprint density at radius 2 is 2.36 bits per heavy atom. The number of aliphatic imine (C=N–C) groups is 1. The summed E-state index contributed by atoms with van der Waals surface area (Å²) in [5.41, 5.74) is 2.25. The zero-order valence-electron chi connectivity index (χ0n) is 5.51. The smallest absolute Gasteiger partial charge is 0.122 e. The highest BCUT2D eigenvalue weighted by Crippen LogP contribution is 2.22. The summed E-state index contributed by atoms with van der Waals surface area (Å²) < 4.78 is 2.04. The second-order valence-electron chi connectivity index (χ2n) is 2.27. The van der Waals surface area contributed by atoms with Crippen LogP contribution in [0.1, 0.15) is 11.3 Å². The SMILES string of the molecule is Brc1cnc2c(c1)CN=C2I. The van der Waals surface area contributed by atoms with Gasteiger partial charge in [0, 0.05) is 16.2 Å². The Morgan fingerprint density at radius 1 is 1.55 bits per heavy atom. The first-order chi connectivity index (χ1) is 5.27. The first kappa shape index (κ1) is 7.67. The molecule has 2 rings (SSSR count). The molecule has 1 aromatic heterocycles. The Kier molecular flexibility index (Phi) is 1.97. The topological polar surface area (TPSA) is 25.2 Å². The highest BCUT2D eigenvalue weighted by Gasteiger charge is 2.14. The number of halogens is 2. The maximum atomic E-state index is 4.27. The summed E-state index contributed by atoms with van der Waals surface area (Å²) in [7, 11) is 0. The molecule has 0 saturated carbocycles. The van der Waals surface area contributed by atoms with Gasteiger partial charge in [0.05, 0.1) is 12.2 Å². The summed E-state index contributed by atoms with van der Waals surface area (Å²) in [6.45, 7) is 0.778. The zero-order chi connectivity index (χ0) is 7.84. The Bertz CT molecular complexity index is 335. The van der Waals surface area contributed by atoms with E-state index in [1.165, 1.54) is 5.56 Å². The zero-order valence-corrected chi connectivity index (χ0v) is 9.26. The number of rotatable bonds is 0. The molecule has 1 aromatic rings. The maximum absolute atomic E-state index is 4.27. The molecule has 0 aliphatic carbocycles. The molecule has 1 aliphatic heterocycles. The highest BCUT2D eigenvalue weighted by atomic mass is 127. The van der Waals surface area contributed by atoms with Crippen molar-refractivity contribution in [2.75, 3.05) is 0 Å². The third-order valence-corrected chi connectivity index (χ3v) is 2.80. The van der Waals surface area contributed by atoms with Gasteiger partial charge in [0.15, 0.2) is 0 Å². The lowest BCUT2D eigenvalue weighted by Gasteiger charge is -1.96. The van der Waals surface area contributed by atoms with Gasteiger partial charge < -0.3 is 0 Å². The molecule has 0 amide bonds. The van der Waals surface area contributed by atoms with E-state index in [1.54, 1.807) is 6.20 Å². The van der Waals surface area contributed by atoms with E-state index in [4.69, 9.17) is 0 Å². The number of hydrogen-bond acceptors (Lipinski definition) is 2. The molecule has 0 bridgehead atoms. The van der Waals surface area contributed by atoms with Crippen LogP contribution in [-0.4, -0.2) is 8.70 Å². The second-order valence-corrected chi connectivity index (χ2v) is 4.21. The molecular formula is C7H4BrIN2. The van der Waals surface area contributed by atoms with E-state index in [1.807, 2.05) is 0 Å². The number of hydrogen-bond donors (Lipinski definition) is 0. The van der Waals surface area contributed by atoms with Crippen LogP contribution < -0.4 is 0 Å². The summed E-state index contributed by atoms with van der Waals surface area (Å²) in [6.07, 6.45) is 1.80. The summed E-state index contributed by atoms with van der Waals surface area (Å²) in [5, 5.41) is 0. The van der Waals surface area contributed by atoms with E-state index in [2.05, 4.69) is 54.6 Å².